The molecule has 0 bridgehead atoms. The highest BCUT2D eigenvalue weighted by atomic mass is 16.6. The van der Waals surface area contributed by atoms with Crippen LogP contribution in [0.25, 0.3) is 0 Å². The molecular formula is C17H18O3. The smallest absolute Gasteiger partial charge is 0.127 e. The van der Waals surface area contributed by atoms with Crippen LogP contribution in [0.15, 0.2) is 48.5 Å². The van der Waals surface area contributed by atoms with Crippen LogP contribution < -0.4 is 0 Å². The van der Waals surface area contributed by atoms with E-state index in [4.69, 9.17) is 4.74 Å². The van der Waals surface area contributed by atoms with Gasteiger partial charge < -0.3 is 14.9 Å². The summed E-state index contributed by atoms with van der Waals surface area (Å²) in [4.78, 5) is 0. The highest BCUT2D eigenvalue weighted by molar-refractivity contribution is 5.43. The van der Waals surface area contributed by atoms with E-state index in [2.05, 4.69) is 26.0 Å². The first-order valence-corrected chi connectivity index (χ1v) is 6.80. The molecule has 3 nitrogen and oxygen atoms in total. The van der Waals surface area contributed by atoms with Crippen LogP contribution in [0.5, 0.6) is 11.5 Å². The third kappa shape index (κ3) is 1.95. The maximum Gasteiger partial charge on any atom is 0.127 e. The molecule has 1 heterocycles. The summed E-state index contributed by atoms with van der Waals surface area (Å²) in [5, 5.41) is 19.3. The quantitative estimate of drug-likeness (QED) is 0.836. The molecule has 0 radical (unpaired) electrons. The summed E-state index contributed by atoms with van der Waals surface area (Å²) in [6.07, 6.45) is -0.136. The van der Waals surface area contributed by atoms with E-state index < -0.39 is 0 Å². The SMILES string of the molecule is CC(C)[C@@]1(c2ccccc2)O[C@H]1c1cc(O)cc(O)c1. The molecule has 0 saturated carbocycles. The van der Waals surface area contributed by atoms with Crippen molar-refractivity contribution in [1.82, 2.24) is 0 Å². The number of rotatable bonds is 3. The number of phenols is 2. The zero-order valence-corrected chi connectivity index (χ0v) is 11.6. The predicted octanol–water partition coefficient (Wildman–Crippen LogP) is 3.72. The molecular weight excluding hydrogens is 252 g/mol. The normalized spacial score (nSPS) is 24.9. The Morgan fingerprint density at radius 2 is 1.60 bits per heavy atom. The Bertz CT molecular complexity index is 601. The topological polar surface area (TPSA) is 53.0 Å². The molecule has 0 spiro atoms. The van der Waals surface area contributed by atoms with Gasteiger partial charge in [0.25, 0.3) is 0 Å². The zero-order chi connectivity index (χ0) is 14.3. The number of benzene rings is 2. The van der Waals surface area contributed by atoms with Gasteiger partial charge in [0.1, 0.15) is 23.2 Å². The summed E-state index contributed by atoms with van der Waals surface area (Å²) in [6.45, 7) is 4.24. The molecule has 1 aliphatic rings. The van der Waals surface area contributed by atoms with Crippen LogP contribution in [0.2, 0.25) is 0 Å². The standard InChI is InChI=1S/C17H18O3/c1-11(2)17(13-6-4-3-5-7-13)16(20-17)12-8-14(18)10-15(19)9-12/h3-11,16,18-19H,1-2H3/t16-,17-/m0/s1. The fraction of sp³-hybridized carbons (Fsp3) is 0.294. The Morgan fingerprint density at radius 1 is 1.00 bits per heavy atom. The molecule has 104 valence electrons. The van der Waals surface area contributed by atoms with Gasteiger partial charge in [-0.2, -0.15) is 0 Å². The van der Waals surface area contributed by atoms with Gasteiger partial charge in [-0.05, 0) is 29.2 Å². The summed E-state index contributed by atoms with van der Waals surface area (Å²) >= 11 is 0. The van der Waals surface area contributed by atoms with Gasteiger partial charge in [0.2, 0.25) is 0 Å². The molecule has 20 heavy (non-hydrogen) atoms. The second-order valence-corrected chi connectivity index (χ2v) is 5.59. The van der Waals surface area contributed by atoms with Gasteiger partial charge in [0, 0.05) is 6.07 Å². The molecule has 0 aromatic heterocycles. The molecule has 2 aromatic carbocycles. The molecule has 2 atom stereocenters. The largest absolute Gasteiger partial charge is 0.508 e. The van der Waals surface area contributed by atoms with Crippen molar-refractivity contribution in [3.8, 4) is 11.5 Å². The van der Waals surface area contributed by atoms with Gasteiger partial charge in [0.05, 0.1) is 0 Å². The van der Waals surface area contributed by atoms with E-state index in [9.17, 15) is 10.2 Å². The van der Waals surface area contributed by atoms with Crippen molar-refractivity contribution in [2.75, 3.05) is 0 Å². The number of epoxide rings is 1. The minimum atomic E-state index is -0.374. The first-order chi connectivity index (χ1) is 9.54. The molecule has 0 unspecified atom stereocenters. The van der Waals surface area contributed by atoms with Crippen LogP contribution in [-0.2, 0) is 10.3 Å². The van der Waals surface area contributed by atoms with Gasteiger partial charge >= 0.3 is 0 Å². The van der Waals surface area contributed by atoms with E-state index in [1.54, 1.807) is 12.1 Å². The van der Waals surface area contributed by atoms with Crippen molar-refractivity contribution in [3.63, 3.8) is 0 Å². The molecule has 1 fully saturated rings. The van der Waals surface area contributed by atoms with Gasteiger partial charge in [-0.3, -0.25) is 0 Å². The summed E-state index contributed by atoms with van der Waals surface area (Å²) in [5.41, 5.74) is 1.56. The lowest BCUT2D eigenvalue weighted by Gasteiger charge is -2.18. The Labute approximate surface area is 118 Å². The van der Waals surface area contributed by atoms with E-state index in [0.717, 1.165) is 11.1 Å². The van der Waals surface area contributed by atoms with E-state index >= 15 is 0 Å². The molecule has 3 heteroatoms. The number of hydrogen-bond acceptors (Lipinski definition) is 3. The molecule has 0 aliphatic carbocycles. The first kappa shape index (κ1) is 13.0. The van der Waals surface area contributed by atoms with Gasteiger partial charge in [0.15, 0.2) is 0 Å². The summed E-state index contributed by atoms with van der Waals surface area (Å²) in [7, 11) is 0. The van der Waals surface area contributed by atoms with E-state index in [1.807, 2.05) is 18.2 Å². The average Bonchev–Trinajstić information content (AvgIpc) is 3.15. The van der Waals surface area contributed by atoms with Crippen LogP contribution in [0.3, 0.4) is 0 Å². The summed E-state index contributed by atoms with van der Waals surface area (Å²) in [5.74, 6) is 0.404. The average molecular weight is 270 g/mol. The van der Waals surface area contributed by atoms with Crippen molar-refractivity contribution in [3.05, 3.63) is 59.7 Å². The van der Waals surface area contributed by atoms with E-state index in [0.29, 0.717) is 5.92 Å². The van der Waals surface area contributed by atoms with Gasteiger partial charge in [-0.15, -0.1) is 0 Å². The lowest BCUT2D eigenvalue weighted by Crippen LogP contribution is -2.17. The number of phenolic OH excluding ortho intramolecular Hbond substituents is 2. The minimum absolute atomic E-state index is 0.0567. The molecule has 2 N–H and O–H groups in total. The number of aromatic hydroxyl groups is 2. The van der Waals surface area contributed by atoms with Crippen LogP contribution in [0, 0.1) is 5.92 Å². The van der Waals surface area contributed by atoms with Crippen LogP contribution in [-0.4, -0.2) is 10.2 Å². The van der Waals surface area contributed by atoms with E-state index in [-0.39, 0.29) is 23.2 Å². The number of hydrogen-bond donors (Lipinski definition) is 2. The van der Waals surface area contributed by atoms with Crippen LogP contribution in [0.4, 0.5) is 0 Å². The second-order valence-electron chi connectivity index (χ2n) is 5.59. The molecule has 3 rings (SSSR count). The van der Waals surface area contributed by atoms with E-state index in [1.165, 1.54) is 6.07 Å². The highest BCUT2D eigenvalue weighted by Crippen LogP contribution is 2.61. The lowest BCUT2D eigenvalue weighted by molar-refractivity contribution is 0.238. The fourth-order valence-electron chi connectivity index (χ4n) is 2.94. The van der Waals surface area contributed by atoms with Crippen molar-refractivity contribution < 1.29 is 14.9 Å². The first-order valence-electron chi connectivity index (χ1n) is 6.80. The maximum absolute atomic E-state index is 9.63. The molecule has 1 aliphatic heterocycles. The molecule has 1 saturated heterocycles. The summed E-state index contributed by atoms with van der Waals surface area (Å²) < 4.78 is 6.03. The fourth-order valence-corrected chi connectivity index (χ4v) is 2.94. The number of ether oxygens (including phenoxy) is 1. The third-order valence-electron chi connectivity index (χ3n) is 3.96. The molecule has 2 aromatic rings. The van der Waals surface area contributed by atoms with Crippen molar-refractivity contribution >= 4 is 0 Å². The zero-order valence-electron chi connectivity index (χ0n) is 11.6. The maximum atomic E-state index is 9.63. The van der Waals surface area contributed by atoms with Crippen LogP contribution in [0.1, 0.15) is 31.1 Å². The Morgan fingerprint density at radius 3 is 2.15 bits per heavy atom. The van der Waals surface area contributed by atoms with Gasteiger partial charge in [-0.25, -0.2) is 0 Å². The monoisotopic (exact) mass is 270 g/mol. The Hall–Kier alpha value is -2.00. The lowest BCUT2D eigenvalue weighted by atomic mass is 9.83. The predicted molar refractivity (Wildman–Crippen MR) is 76.6 cm³/mol. The highest BCUT2D eigenvalue weighted by Gasteiger charge is 2.60. The Balaban J connectivity index is 2.01. The third-order valence-corrected chi connectivity index (χ3v) is 3.96. The van der Waals surface area contributed by atoms with Crippen molar-refractivity contribution in [2.45, 2.75) is 25.6 Å². The van der Waals surface area contributed by atoms with Crippen molar-refractivity contribution in [1.29, 1.82) is 0 Å². The van der Waals surface area contributed by atoms with Gasteiger partial charge in [-0.1, -0.05) is 44.2 Å². The second kappa shape index (κ2) is 4.53. The minimum Gasteiger partial charge on any atom is -0.508 e. The Kier molecular flexibility index (Phi) is 2.94. The van der Waals surface area contributed by atoms with Crippen molar-refractivity contribution in [2.24, 2.45) is 5.92 Å². The van der Waals surface area contributed by atoms with Crippen LogP contribution >= 0.6 is 0 Å². The summed E-state index contributed by atoms with van der Waals surface area (Å²) in [6, 6.07) is 14.7. The molecule has 0 amide bonds.